The molecule has 1 saturated carbocycles. The van der Waals surface area contributed by atoms with Crippen LogP contribution in [0.15, 0.2) is 28.8 Å². The minimum absolute atomic E-state index is 0.539. The minimum Gasteiger partial charge on any atom is -0.381 e. The minimum atomic E-state index is 0.539. The van der Waals surface area contributed by atoms with Gasteiger partial charge in [-0.1, -0.05) is 18.2 Å². The average Bonchev–Trinajstić information content (AvgIpc) is 2.95. The van der Waals surface area contributed by atoms with Gasteiger partial charge in [0.15, 0.2) is 0 Å². The fraction of sp³-hybridized carbons (Fsp3) is 0.529. The fourth-order valence-electron chi connectivity index (χ4n) is 3.83. The van der Waals surface area contributed by atoms with Crippen molar-refractivity contribution < 1.29 is 0 Å². The standard InChI is InChI=1S/C17H22BrN/c1-10-6-11(2)17(16(18)7-10)19-12(3)15-9-13-4-5-14(15)8-13/h4-7,12-15,19H,8-9H2,1-3H3. The second-order valence-electron chi connectivity index (χ2n) is 6.32. The van der Waals surface area contributed by atoms with E-state index in [1.165, 1.54) is 34.1 Å². The van der Waals surface area contributed by atoms with Crippen molar-refractivity contribution in [2.24, 2.45) is 17.8 Å². The van der Waals surface area contributed by atoms with E-state index in [0.717, 1.165) is 17.8 Å². The number of halogens is 1. The summed E-state index contributed by atoms with van der Waals surface area (Å²) in [7, 11) is 0. The zero-order valence-electron chi connectivity index (χ0n) is 11.9. The van der Waals surface area contributed by atoms with Gasteiger partial charge in [0, 0.05) is 10.5 Å². The number of allylic oxidation sites excluding steroid dienone is 2. The smallest absolute Gasteiger partial charge is 0.0516 e. The van der Waals surface area contributed by atoms with Gasteiger partial charge < -0.3 is 5.32 Å². The SMILES string of the molecule is Cc1cc(C)c(NC(C)C2CC3C=CC2C3)c(Br)c1. The van der Waals surface area contributed by atoms with Gasteiger partial charge in [0.25, 0.3) is 0 Å². The van der Waals surface area contributed by atoms with Crippen LogP contribution in [0.25, 0.3) is 0 Å². The maximum Gasteiger partial charge on any atom is 0.0516 e. The normalized spacial score (nSPS) is 29.8. The van der Waals surface area contributed by atoms with Crippen molar-refractivity contribution in [1.82, 2.24) is 0 Å². The lowest BCUT2D eigenvalue weighted by atomic mass is 9.87. The van der Waals surface area contributed by atoms with Crippen LogP contribution in [0.5, 0.6) is 0 Å². The van der Waals surface area contributed by atoms with Gasteiger partial charge in [0.2, 0.25) is 0 Å². The predicted octanol–water partition coefficient (Wildman–Crippen LogP) is 5.08. The number of anilines is 1. The Kier molecular flexibility index (Phi) is 3.46. The maximum atomic E-state index is 3.75. The second kappa shape index (κ2) is 4.97. The Balaban J connectivity index is 1.77. The lowest BCUT2D eigenvalue weighted by molar-refractivity contribution is 0.399. The first kappa shape index (κ1) is 13.2. The van der Waals surface area contributed by atoms with Crippen LogP contribution >= 0.6 is 15.9 Å². The summed E-state index contributed by atoms with van der Waals surface area (Å²) in [6.45, 7) is 6.67. The third-order valence-corrected chi connectivity index (χ3v) is 5.40. The molecule has 2 bridgehead atoms. The van der Waals surface area contributed by atoms with Crippen molar-refractivity contribution in [2.45, 2.75) is 39.7 Å². The highest BCUT2D eigenvalue weighted by Crippen LogP contribution is 2.45. The molecule has 1 nitrogen and oxygen atoms in total. The van der Waals surface area contributed by atoms with Gasteiger partial charge >= 0.3 is 0 Å². The number of rotatable bonds is 3. The molecule has 0 aromatic heterocycles. The molecule has 4 atom stereocenters. The number of aryl methyl sites for hydroxylation is 2. The summed E-state index contributed by atoms with van der Waals surface area (Å²) in [6.07, 6.45) is 7.59. The van der Waals surface area contributed by atoms with Gasteiger partial charge in [-0.25, -0.2) is 0 Å². The molecular formula is C17H22BrN. The molecule has 0 aliphatic heterocycles. The molecule has 19 heavy (non-hydrogen) atoms. The lowest BCUT2D eigenvalue weighted by Gasteiger charge is -2.28. The highest BCUT2D eigenvalue weighted by molar-refractivity contribution is 9.10. The van der Waals surface area contributed by atoms with Crippen molar-refractivity contribution in [2.75, 3.05) is 5.32 Å². The summed E-state index contributed by atoms with van der Waals surface area (Å²) >= 11 is 3.70. The number of benzene rings is 1. The molecule has 0 amide bonds. The Morgan fingerprint density at radius 3 is 2.58 bits per heavy atom. The van der Waals surface area contributed by atoms with E-state index in [4.69, 9.17) is 0 Å². The van der Waals surface area contributed by atoms with Crippen molar-refractivity contribution in [1.29, 1.82) is 0 Å². The third kappa shape index (κ3) is 2.47. The van der Waals surface area contributed by atoms with Crippen molar-refractivity contribution >= 4 is 21.6 Å². The molecule has 102 valence electrons. The van der Waals surface area contributed by atoms with Crippen LogP contribution in [-0.2, 0) is 0 Å². The molecule has 0 radical (unpaired) electrons. The van der Waals surface area contributed by atoms with Crippen LogP contribution in [0, 0.1) is 31.6 Å². The molecule has 1 aromatic carbocycles. The summed E-state index contributed by atoms with van der Waals surface area (Å²) < 4.78 is 1.19. The molecule has 1 aromatic rings. The monoisotopic (exact) mass is 319 g/mol. The van der Waals surface area contributed by atoms with E-state index in [1.807, 2.05) is 0 Å². The quantitative estimate of drug-likeness (QED) is 0.766. The van der Waals surface area contributed by atoms with E-state index in [2.05, 4.69) is 66.3 Å². The summed E-state index contributed by atoms with van der Waals surface area (Å²) in [4.78, 5) is 0. The van der Waals surface area contributed by atoms with Crippen molar-refractivity contribution in [3.63, 3.8) is 0 Å². The molecule has 3 rings (SSSR count). The molecule has 1 N–H and O–H groups in total. The Morgan fingerprint density at radius 2 is 2.00 bits per heavy atom. The first-order valence-corrected chi connectivity index (χ1v) is 8.05. The van der Waals surface area contributed by atoms with E-state index in [9.17, 15) is 0 Å². The van der Waals surface area contributed by atoms with Crippen molar-refractivity contribution in [3.8, 4) is 0 Å². The molecule has 1 fully saturated rings. The summed E-state index contributed by atoms with van der Waals surface area (Å²) in [6, 6.07) is 4.99. The predicted molar refractivity (Wildman–Crippen MR) is 85.5 cm³/mol. The van der Waals surface area contributed by atoms with E-state index >= 15 is 0 Å². The third-order valence-electron chi connectivity index (χ3n) is 4.78. The Labute approximate surface area is 124 Å². The van der Waals surface area contributed by atoms with Gasteiger partial charge in [0.05, 0.1) is 5.69 Å². The average molecular weight is 320 g/mol. The highest BCUT2D eigenvalue weighted by atomic mass is 79.9. The maximum absolute atomic E-state index is 3.75. The number of hydrogen-bond donors (Lipinski definition) is 1. The molecule has 2 heteroatoms. The second-order valence-corrected chi connectivity index (χ2v) is 7.17. The zero-order chi connectivity index (χ0) is 13.6. The van der Waals surface area contributed by atoms with Crippen LogP contribution in [0.2, 0.25) is 0 Å². The van der Waals surface area contributed by atoms with E-state index in [0.29, 0.717) is 6.04 Å². The van der Waals surface area contributed by atoms with Crippen LogP contribution in [0.4, 0.5) is 5.69 Å². The highest BCUT2D eigenvalue weighted by Gasteiger charge is 2.38. The summed E-state index contributed by atoms with van der Waals surface area (Å²) in [5.41, 5.74) is 3.91. The lowest BCUT2D eigenvalue weighted by Crippen LogP contribution is -2.29. The molecule has 0 saturated heterocycles. The zero-order valence-corrected chi connectivity index (χ0v) is 13.5. The van der Waals surface area contributed by atoms with Gasteiger partial charge in [0.1, 0.15) is 0 Å². The van der Waals surface area contributed by atoms with Crippen molar-refractivity contribution in [3.05, 3.63) is 39.9 Å². The first-order valence-electron chi connectivity index (χ1n) is 7.26. The van der Waals surface area contributed by atoms with E-state index < -0.39 is 0 Å². The number of hydrogen-bond acceptors (Lipinski definition) is 1. The Hall–Kier alpha value is -0.760. The van der Waals surface area contributed by atoms with Gasteiger partial charge in [-0.15, -0.1) is 0 Å². The Bertz CT molecular complexity index is 497. The number of fused-ring (bicyclic) bond motifs is 2. The molecular weight excluding hydrogens is 298 g/mol. The molecule has 2 aliphatic rings. The van der Waals surface area contributed by atoms with Crippen LogP contribution < -0.4 is 5.32 Å². The molecule has 2 aliphatic carbocycles. The van der Waals surface area contributed by atoms with Crippen LogP contribution in [0.3, 0.4) is 0 Å². The summed E-state index contributed by atoms with van der Waals surface area (Å²) in [5, 5.41) is 3.75. The largest absolute Gasteiger partial charge is 0.381 e. The molecule has 4 unspecified atom stereocenters. The molecule has 0 spiro atoms. The first-order chi connectivity index (χ1) is 9.04. The van der Waals surface area contributed by atoms with Gasteiger partial charge in [-0.3, -0.25) is 0 Å². The molecule has 0 heterocycles. The van der Waals surface area contributed by atoms with Gasteiger partial charge in [-0.05, 0) is 84.5 Å². The van der Waals surface area contributed by atoms with Gasteiger partial charge in [-0.2, -0.15) is 0 Å². The topological polar surface area (TPSA) is 12.0 Å². The van der Waals surface area contributed by atoms with E-state index in [-0.39, 0.29) is 0 Å². The van der Waals surface area contributed by atoms with E-state index in [1.54, 1.807) is 0 Å². The van der Waals surface area contributed by atoms with Crippen LogP contribution in [0.1, 0.15) is 30.9 Å². The fourth-order valence-corrected chi connectivity index (χ4v) is 4.62. The number of nitrogens with one attached hydrogen (secondary N) is 1. The van der Waals surface area contributed by atoms with Crippen LogP contribution in [-0.4, -0.2) is 6.04 Å². The Morgan fingerprint density at radius 1 is 1.21 bits per heavy atom. The summed E-state index contributed by atoms with van der Waals surface area (Å²) in [5.74, 6) is 2.45.